The highest BCUT2D eigenvalue weighted by atomic mass is 32.1. The summed E-state index contributed by atoms with van der Waals surface area (Å²) in [4.78, 5) is 9.37. The van der Waals surface area contributed by atoms with E-state index in [1.807, 2.05) is 0 Å². The van der Waals surface area contributed by atoms with Crippen LogP contribution in [0.5, 0.6) is 0 Å². The van der Waals surface area contributed by atoms with Gasteiger partial charge in [-0.25, -0.2) is 4.98 Å². The Morgan fingerprint density at radius 1 is 1.56 bits per heavy atom. The molecule has 1 saturated heterocycles. The molecule has 0 aromatic carbocycles. The van der Waals surface area contributed by atoms with E-state index in [9.17, 15) is 0 Å². The Hall–Kier alpha value is -0.650. The lowest BCUT2D eigenvalue weighted by Gasteiger charge is -2.27. The third kappa shape index (κ3) is 2.53. The quantitative estimate of drug-likeness (QED) is 0.842. The molecule has 0 aliphatic carbocycles. The first kappa shape index (κ1) is 11.8. The summed E-state index contributed by atoms with van der Waals surface area (Å²) in [5.41, 5.74) is 6.60. The van der Waals surface area contributed by atoms with Gasteiger partial charge in [-0.1, -0.05) is 0 Å². The molecule has 1 aliphatic rings. The predicted molar refractivity (Wildman–Crippen MR) is 68.9 cm³/mol. The molecule has 0 bridgehead atoms. The lowest BCUT2D eigenvalue weighted by atomic mass is 10.3. The molecule has 1 aromatic rings. The normalized spacial score (nSPS) is 23.4. The molecular formula is C11H20N4S. The van der Waals surface area contributed by atoms with Gasteiger partial charge in [-0.3, -0.25) is 0 Å². The van der Waals surface area contributed by atoms with E-state index in [1.165, 1.54) is 13.0 Å². The van der Waals surface area contributed by atoms with Crippen molar-refractivity contribution in [3.05, 3.63) is 11.1 Å². The highest BCUT2D eigenvalue weighted by molar-refractivity contribution is 7.13. The Balaban J connectivity index is 2.12. The molecule has 5 heteroatoms. The second-order valence-corrected chi connectivity index (χ2v) is 5.32. The zero-order chi connectivity index (χ0) is 11.5. The molecule has 0 radical (unpaired) electrons. The van der Waals surface area contributed by atoms with Gasteiger partial charge in [0.05, 0.1) is 5.69 Å². The zero-order valence-electron chi connectivity index (χ0n) is 10.0. The van der Waals surface area contributed by atoms with Crippen LogP contribution in [0.4, 0.5) is 5.13 Å². The van der Waals surface area contributed by atoms with Crippen LogP contribution in [-0.2, 0) is 6.54 Å². The predicted octanol–water partition coefficient (Wildman–Crippen LogP) is 1.13. The van der Waals surface area contributed by atoms with Crippen molar-refractivity contribution < 1.29 is 0 Å². The molecule has 2 heterocycles. The first-order valence-corrected chi connectivity index (χ1v) is 6.68. The van der Waals surface area contributed by atoms with E-state index in [0.29, 0.717) is 12.6 Å². The van der Waals surface area contributed by atoms with Gasteiger partial charge in [0.1, 0.15) is 0 Å². The minimum absolute atomic E-state index is 0.532. The first-order valence-electron chi connectivity index (χ1n) is 5.80. The van der Waals surface area contributed by atoms with Crippen LogP contribution >= 0.6 is 11.3 Å². The second-order valence-electron chi connectivity index (χ2n) is 4.48. The van der Waals surface area contributed by atoms with Gasteiger partial charge in [0.25, 0.3) is 0 Å². The average Bonchev–Trinajstić information content (AvgIpc) is 2.65. The summed E-state index contributed by atoms with van der Waals surface area (Å²) in [6, 6.07) is 0.532. The van der Waals surface area contributed by atoms with Crippen molar-refractivity contribution in [2.75, 3.05) is 31.6 Å². The summed E-state index contributed by atoms with van der Waals surface area (Å²) in [6.07, 6.45) is 1.21. The molecular weight excluding hydrogens is 220 g/mol. The molecule has 0 saturated carbocycles. The van der Waals surface area contributed by atoms with Gasteiger partial charge in [-0.05, 0) is 26.9 Å². The molecule has 0 amide bonds. The topological polar surface area (TPSA) is 45.4 Å². The summed E-state index contributed by atoms with van der Waals surface area (Å²) in [5, 5.41) is 3.19. The van der Waals surface area contributed by atoms with Gasteiger partial charge < -0.3 is 15.5 Å². The molecule has 16 heavy (non-hydrogen) atoms. The van der Waals surface area contributed by atoms with E-state index in [0.717, 1.165) is 23.9 Å². The number of anilines is 1. The van der Waals surface area contributed by atoms with Gasteiger partial charge in [0.2, 0.25) is 0 Å². The highest BCUT2D eigenvalue weighted by Crippen LogP contribution is 2.24. The SMILES string of the molecule is CC1CN(C)CCCN1c1nc(CN)cs1. The Labute approximate surface area is 101 Å². The lowest BCUT2D eigenvalue weighted by Crippen LogP contribution is -2.37. The van der Waals surface area contributed by atoms with Crippen LogP contribution in [0.2, 0.25) is 0 Å². The molecule has 1 fully saturated rings. The van der Waals surface area contributed by atoms with Gasteiger partial charge >= 0.3 is 0 Å². The number of hydrogen-bond acceptors (Lipinski definition) is 5. The summed E-state index contributed by atoms with van der Waals surface area (Å²) in [7, 11) is 2.19. The minimum Gasteiger partial charge on any atom is -0.344 e. The Morgan fingerprint density at radius 2 is 2.38 bits per heavy atom. The fourth-order valence-corrected chi connectivity index (χ4v) is 3.15. The fraction of sp³-hybridized carbons (Fsp3) is 0.727. The average molecular weight is 240 g/mol. The number of thiazole rings is 1. The Kier molecular flexibility index (Phi) is 3.78. The minimum atomic E-state index is 0.532. The summed E-state index contributed by atoms with van der Waals surface area (Å²) >= 11 is 1.71. The molecule has 0 spiro atoms. The first-order chi connectivity index (χ1) is 7.70. The van der Waals surface area contributed by atoms with Crippen molar-refractivity contribution >= 4 is 16.5 Å². The van der Waals surface area contributed by atoms with Crippen molar-refractivity contribution in [1.82, 2.24) is 9.88 Å². The monoisotopic (exact) mass is 240 g/mol. The van der Waals surface area contributed by atoms with Crippen LogP contribution in [0.1, 0.15) is 19.0 Å². The van der Waals surface area contributed by atoms with E-state index in [-0.39, 0.29) is 0 Å². The molecule has 4 nitrogen and oxygen atoms in total. The van der Waals surface area contributed by atoms with Crippen LogP contribution in [0.15, 0.2) is 5.38 Å². The number of hydrogen-bond donors (Lipinski definition) is 1. The number of rotatable bonds is 2. The smallest absolute Gasteiger partial charge is 0.185 e. The summed E-state index contributed by atoms with van der Waals surface area (Å²) in [6.45, 7) is 6.19. The van der Waals surface area contributed by atoms with Crippen LogP contribution in [0.3, 0.4) is 0 Å². The maximum Gasteiger partial charge on any atom is 0.185 e. The van der Waals surface area contributed by atoms with Gasteiger partial charge in [-0.2, -0.15) is 0 Å². The second kappa shape index (κ2) is 5.12. The molecule has 90 valence electrons. The third-order valence-corrected chi connectivity index (χ3v) is 3.97. The van der Waals surface area contributed by atoms with Crippen LogP contribution in [0, 0.1) is 0 Å². The number of likely N-dealkylation sites (N-methyl/N-ethyl adjacent to an activating group) is 1. The Morgan fingerprint density at radius 3 is 3.06 bits per heavy atom. The van der Waals surface area contributed by atoms with E-state index in [4.69, 9.17) is 5.73 Å². The van der Waals surface area contributed by atoms with E-state index in [2.05, 4.69) is 34.1 Å². The van der Waals surface area contributed by atoms with Crippen molar-refractivity contribution in [2.24, 2.45) is 5.73 Å². The molecule has 2 N–H and O–H groups in total. The molecule has 1 atom stereocenters. The summed E-state index contributed by atoms with van der Waals surface area (Å²) in [5.74, 6) is 0. The fourth-order valence-electron chi connectivity index (χ4n) is 2.18. The van der Waals surface area contributed by atoms with Crippen molar-refractivity contribution in [3.8, 4) is 0 Å². The zero-order valence-corrected chi connectivity index (χ0v) is 10.8. The van der Waals surface area contributed by atoms with E-state index in [1.54, 1.807) is 11.3 Å². The van der Waals surface area contributed by atoms with Crippen LogP contribution in [0.25, 0.3) is 0 Å². The van der Waals surface area contributed by atoms with Gasteiger partial charge in [0, 0.05) is 31.1 Å². The standard InChI is InChI=1S/C11H20N4S/c1-9-7-14(2)4-3-5-15(9)11-13-10(6-12)8-16-11/h8-9H,3-7,12H2,1-2H3. The number of nitrogens with zero attached hydrogens (tertiary/aromatic N) is 3. The molecule has 2 rings (SSSR count). The van der Waals surface area contributed by atoms with Crippen molar-refractivity contribution in [3.63, 3.8) is 0 Å². The number of nitrogens with two attached hydrogens (primary N) is 1. The molecule has 1 aromatic heterocycles. The number of aromatic nitrogens is 1. The largest absolute Gasteiger partial charge is 0.344 e. The lowest BCUT2D eigenvalue weighted by molar-refractivity contribution is 0.337. The Bertz CT molecular complexity index is 338. The van der Waals surface area contributed by atoms with Crippen LogP contribution < -0.4 is 10.6 Å². The maximum absolute atomic E-state index is 5.60. The van der Waals surface area contributed by atoms with Gasteiger partial charge in [-0.15, -0.1) is 11.3 Å². The van der Waals surface area contributed by atoms with Crippen LogP contribution in [-0.4, -0.2) is 42.6 Å². The highest BCUT2D eigenvalue weighted by Gasteiger charge is 2.21. The maximum atomic E-state index is 5.60. The molecule has 1 aliphatic heterocycles. The molecule has 1 unspecified atom stereocenters. The summed E-state index contributed by atoms with van der Waals surface area (Å²) < 4.78 is 0. The van der Waals surface area contributed by atoms with E-state index >= 15 is 0 Å². The van der Waals surface area contributed by atoms with Gasteiger partial charge in [0.15, 0.2) is 5.13 Å². The third-order valence-electron chi connectivity index (χ3n) is 3.04. The van der Waals surface area contributed by atoms with Crippen molar-refractivity contribution in [1.29, 1.82) is 0 Å². The van der Waals surface area contributed by atoms with Crippen molar-refractivity contribution in [2.45, 2.75) is 25.9 Å². The van der Waals surface area contributed by atoms with E-state index < -0.39 is 0 Å².